The van der Waals surface area contributed by atoms with Crippen molar-refractivity contribution in [3.63, 3.8) is 0 Å². The van der Waals surface area contributed by atoms with Gasteiger partial charge < -0.3 is 91.2 Å². The first-order chi connectivity index (χ1) is 41.6. The number of aromatic hydroxyl groups is 1. The van der Waals surface area contributed by atoms with Crippen LogP contribution < -0.4 is 31.3 Å². The molecule has 4 aromatic carbocycles. The summed E-state index contributed by atoms with van der Waals surface area (Å²) in [5.74, 6) is -8.24. The molecule has 13 N–H and O–H groups in total. The molecule has 0 saturated carbocycles. The Kier molecular flexibility index (Phi) is 23.2. The standard InChI is InChI=1S/C63H84N8O17/c1-8-9-10-28-87-45-25-21-40(22-26-45)38-13-11-37(12-14-38)39-15-17-42(18-16-39)56(80)64-46-31-48(76)61(88-29-27-71(5,6)7)68-60(84)52-53(77)34(2)32-70(52)63(86)50(36(4)73)66-59(83)51(55(79)54(78)41-19-23-43(74)24-20-41)67-58(82)47-30-44(75)33-69(47)62(85)49(35(3)72)65-57(46)81/h11-26,34-36,44,46-55,61,72-73,75-79H,8-10,27-33H2,1-7H3,(H5-,64,65,66,67,68,74,80,81,82,83,84)/p+1/t34-,35+,36+,44+,46?,47?,48+,49?,50?,51?,52?,53-,54-,55-,61+/m0/s1. The van der Waals surface area contributed by atoms with Crippen LogP contribution in [0.5, 0.6) is 11.5 Å². The zero-order valence-electron chi connectivity index (χ0n) is 50.6. The number of hydrogen-bond donors (Lipinski definition) is 13. The number of likely N-dealkylation sites (N-methyl/N-ethyl adjacent to an activating group) is 1. The molecule has 4 aromatic rings. The van der Waals surface area contributed by atoms with Crippen molar-refractivity contribution in [2.75, 3.05) is 54.0 Å². The number of fused-ring (bicyclic) bond motifs is 2. The maximum Gasteiger partial charge on any atom is 0.251 e. The molecule has 88 heavy (non-hydrogen) atoms. The lowest BCUT2D eigenvalue weighted by Gasteiger charge is -2.34. The number of amides is 7. The van der Waals surface area contributed by atoms with Gasteiger partial charge in [-0.3, -0.25) is 33.6 Å². The van der Waals surface area contributed by atoms with Gasteiger partial charge in [-0.05, 0) is 84.5 Å². The monoisotopic (exact) mass is 1230 g/mol. The van der Waals surface area contributed by atoms with Crippen LogP contribution in [0.15, 0.2) is 97.1 Å². The van der Waals surface area contributed by atoms with Gasteiger partial charge in [0.1, 0.15) is 72.6 Å². The Morgan fingerprint density at radius 3 is 1.74 bits per heavy atom. The molecule has 6 unspecified atom stereocenters. The average Bonchev–Trinajstić information content (AvgIpc) is 2.08. The molecule has 15 atom stereocenters. The lowest BCUT2D eigenvalue weighted by molar-refractivity contribution is -0.870. The summed E-state index contributed by atoms with van der Waals surface area (Å²) in [5.41, 5.74) is 3.48. The lowest BCUT2D eigenvalue weighted by atomic mass is 9.96. The minimum Gasteiger partial charge on any atom is -0.508 e. The first kappa shape index (κ1) is 67.9. The van der Waals surface area contributed by atoms with E-state index in [1.54, 1.807) is 12.1 Å². The van der Waals surface area contributed by atoms with Crippen molar-refractivity contribution < 1.29 is 88.4 Å². The third kappa shape index (κ3) is 17.2. The van der Waals surface area contributed by atoms with E-state index in [1.165, 1.54) is 43.3 Å². The fourth-order valence-electron chi connectivity index (χ4n) is 10.8. The second-order valence-corrected chi connectivity index (χ2v) is 24.1. The van der Waals surface area contributed by atoms with Crippen LogP contribution in [-0.2, 0) is 33.5 Å². The van der Waals surface area contributed by atoms with Gasteiger partial charge in [-0.1, -0.05) is 87.4 Å². The van der Waals surface area contributed by atoms with Gasteiger partial charge in [0.2, 0.25) is 35.4 Å². The van der Waals surface area contributed by atoms with Crippen LogP contribution in [0.4, 0.5) is 0 Å². The molecule has 478 valence electrons. The smallest absolute Gasteiger partial charge is 0.251 e. The molecule has 3 fully saturated rings. The number of phenolic OH excluding ortho intramolecular Hbond substituents is 1. The van der Waals surface area contributed by atoms with E-state index in [9.17, 15) is 74.4 Å². The number of aliphatic hydroxyl groups excluding tert-OH is 7. The maximum absolute atomic E-state index is 14.8. The largest absolute Gasteiger partial charge is 0.508 e. The molecule has 0 spiro atoms. The Hall–Kier alpha value is -7.59. The molecule has 0 aromatic heterocycles. The first-order valence-corrected chi connectivity index (χ1v) is 29.7. The number of carbonyl (C=O) groups excluding carboxylic acids is 7. The van der Waals surface area contributed by atoms with Gasteiger partial charge in [-0.15, -0.1) is 0 Å². The fourth-order valence-corrected chi connectivity index (χ4v) is 10.8. The highest BCUT2D eigenvalue weighted by atomic mass is 16.5. The number of unbranched alkanes of at least 4 members (excludes halogenated alkanes) is 2. The molecule has 3 heterocycles. The Bertz CT molecular complexity index is 3040. The van der Waals surface area contributed by atoms with E-state index in [0.29, 0.717) is 11.1 Å². The van der Waals surface area contributed by atoms with E-state index in [-0.39, 0.29) is 36.6 Å². The second kappa shape index (κ2) is 30.1. The summed E-state index contributed by atoms with van der Waals surface area (Å²) < 4.78 is 12.3. The number of phenols is 1. The number of hydrogen-bond acceptors (Lipinski definition) is 17. The predicted octanol–water partition coefficient (Wildman–Crippen LogP) is -0.197. The molecule has 3 aliphatic rings. The number of carbonyl (C=O) groups is 7. The quantitative estimate of drug-likeness (QED) is 0.0453. The Morgan fingerprint density at radius 1 is 0.648 bits per heavy atom. The van der Waals surface area contributed by atoms with Crippen LogP contribution in [-0.4, -0.2) is 230 Å². The molecule has 25 heteroatoms. The van der Waals surface area contributed by atoms with Gasteiger partial charge >= 0.3 is 0 Å². The van der Waals surface area contributed by atoms with Crippen LogP contribution >= 0.6 is 0 Å². The van der Waals surface area contributed by atoms with Crippen LogP contribution in [0.2, 0.25) is 0 Å². The summed E-state index contributed by atoms with van der Waals surface area (Å²) in [4.78, 5) is 104. The Labute approximate surface area is 511 Å². The number of ether oxygens (including phenoxy) is 2. The third-order valence-electron chi connectivity index (χ3n) is 16.1. The van der Waals surface area contributed by atoms with E-state index < -0.39 is 152 Å². The normalized spacial score (nSPS) is 26.7. The highest BCUT2D eigenvalue weighted by Crippen LogP contribution is 2.30. The van der Waals surface area contributed by atoms with Gasteiger partial charge in [0, 0.05) is 37.4 Å². The molecule has 7 rings (SSSR count). The predicted molar refractivity (Wildman–Crippen MR) is 320 cm³/mol. The summed E-state index contributed by atoms with van der Waals surface area (Å²) in [7, 11) is 5.52. The molecular formula is C63H85N8O17+. The van der Waals surface area contributed by atoms with Crippen molar-refractivity contribution in [2.45, 2.75) is 145 Å². The lowest BCUT2D eigenvalue weighted by Crippen LogP contribution is -2.64. The van der Waals surface area contributed by atoms with E-state index in [1.807, 2.05) is 69.7 Å². The van der Waals surface area contributed by atoms with Crippen molar-refractivity contribution >= 4 is 41.4 Å². The topological polar surface area (TPSA) is 366 Å². The maximum atomic E-state index is 14.8. The highest BCUT2D eigenvalue weighted by molar-refractivity contribution is 6.00. The number of rotatable bonds is 18. The molecule has 3 aliphatic heterocycles. The first-order valence-electron chi connectivity index (χ1n) is 29.7. The van der Waals surface area contributed by atoms with Crippen molar-refractivity contribution in [3.8, 4) is 33.8 Å². The van der Waals surface area contributed by atoms with Crippen molar-refractivity contribution in [2.24, 2.45) is 5.92 Å². The highest BCUT2D eigenvalue weighted by Gasteiger charge is 2.50. The van der Waals surface area contributed by atoms with Crippen molar-refractivity contribution in [1.29, 1.82) is 0 Å². The summed E-state index contributed by atoms with van der Waals surface area (Å²) in [6.07, 6.45) is -12.6. The molecule has 3 saturated heterocycles. The van der Waals surface area contributed by atoms with E-state index in [2.05, 4.69) is 33.5 Å². The molecule has 0 bridgehead atoms. The SMILES string of the molecule is CCCCCOc1ccc(-c2ccc(-c3ccc(C(=O)NC4C[C@@H](O)[C@@H](OCC[N+](C)(C)C)NC(=O)C5[C@@H](O)[C@@H](C)CN5C(=O)C([C@@H](C)O)NC(=O)C([C@H](O)[C@@H](O)c5ccc(O)cc5)NC(=O)C5C[C@@H](O)CN5C(=O)C([C@@H](C)O)NC4=O)cc3)cc2)cc1. The van der Waals surface area contributed by atoms with E-state index in [0.717, 1.165) is 70.9 Å². The Balaban J connectivity index is 1.23. The average molecular weight is 1230 g/mol. The van der Waals surface area contributed by atoms with Gasteiger partial charge in [0.25, 0.3) is 5.91 Å². The molecule has 0 radical (unpaired) electrons. The van der Waals surface area contributed by atoms with E-state index >= 15 is 0 Å². The van der Waals surface area contributed by atoms with E-state index in [4.69, 9.17) is 9.47 Å². The minimum atomic E-state index is -2.29. The minimum absolute atomic E-state index is 0.0470. The van der Waals surface area contributed by atoms with Crippen LogP contribution in [0.3, 0.4) is 0 Å². The molecule has 7 amide bonds. The number of quaternary nitrogens is 1. The summed E-state index contributed by atoms with van der Waals surface area (Å²) in [6, 6.07) is 15.3. The number of nitrogens with one attached hydrogen (secondary N) is 5. The zero-order chi connectivity index (χ0) is 64.3. The number of nitrogens with zero attached hydrogens (tertiary/aromatic N) is 3. The number of aliphatic hydroxyl groups is 7. The summed E-state index contributed by atoms with van der Waals surface area (Å²) in [5, 5.41) is 103. The summed E-state index contributed by atoms with van der Waals surface area (Å²) >= 11 is 0. The fraction of sp³-hybridized carbons (Fsp3) is 0.508. The summed E-state index contributed by atoms with van der Waals surface area (Å²) in [6.45, 7) is 5.80. The van der Waals surface area contributed by atoms with Gasteiger partial charge in [-0.25, -0.2) is 0 Å². The van der Waals surface area contributed by atoms with Crippen molar-refractivity contribution in [3.05, 3.63) is 108 Å². The number of benzene rings is 4. The zero-order valence-corrected chi connectivity index (χ0v) is 50.6. The van der Waals surface area contributed by atoms with Gasteiger partial charge in [-0.2, -0.15) is 0 Å². The van der Waals surface area contributed by atoms with Crippen LogP contribution in [0, 0.1) is 5.92 Å². The van der Waals surface area contributed by atoms with Gasteiger partial charge in [0.15, 0.2) is 6.23 Å². The van der Waals surface area contributed by atoms with Crippen LogP contribution in [0.25, 0.3) is 22.3 Å². The van der Waals surface area contributed by atoms with Crippen LogP contribution in [0.1, 0.15) is 81.8 Å². The molecule has 0 aliphatic carbocycles. The Morgan fingerprint density at radius 2 is 1.18 bits per heavy atom. The molecule has 25 nitrogen and oxygen atoms in total. The van der Waals surface area contributed by atoms with Gasteiger partial charge in [0.05, 0.1) is 58.8 Å². The second-order valence-electron chi connectivity index (χ2n) is 24.1. The van der Waals surface area contributed by atoms with Crippen molar-refractivity contribution in [1.82, 2.24) is 36.4 Å². The third-order valence-corrected chi connectivity index (χ3v) is 16.1. The molecular weight excluding hydrogens is 1140 g/mol.